The van der Waals surface area contributed by atoms with Gasteiger partial charge in [-0.25, -0.2) is 0 Å². The number of ketones is 1. The number of carbonyl (C=O) groups excluding carboxylic acids is 1. The van der Waals surface area contributed by atoms with Crippen LogP contribution in [0.25, 0.3) is 0 Å². The lowest BCUT2D eigenvalue weighted by Gasteiger charge is -2.34. The number of fused-ring (bicyclic) bond motifs is 1. The van der Waals surface area contributed by atoms with E-state index >= 15 is 0 Å². The molecule has 1 aromatic rings. The molecule has 0 fully saturated rings. The zero-order chi connectivity index (χ0) is 11.9. The maximum absolute atomic E-state index is 12.0. The van der Waals surface area contributed by atoms with E-state index in [4.69, 9.17) is 22.1 Å². The molecule has 0 bridgehead atoms. The lowest BCUT2D eigenvalue weighted by Crippen LogP contribution is -2.38. The number of halogens is 1. The summed E-state index contributed by atoms with van der Waals surface area (Å²) in [5.41, 5.74) is 6.29. The van der Waals surface area contributed by atoms with Gasteiger partial charge in [0.15, 0.2) is 11.5 Å². The maximum atomic E-state index is 12.0. The Balaban J connectivity index is 2.55. The van der Waals surface area contributed by atoms with Crippen molar-refractivity contribution in [2.75, 3.05) is 5.73 Å². The molecular weight excluding hydrogens is 226 g/mol. The van der Waals surface area contributed by atoms with Crippen LogP contribution in [0.5, 0.6) is 5.75 Å². The van der Waals surface area contributed by atoms with E-state index in [1.807, 2.05) is 13.8 Å². The zero-order valence-electron chi connectivity index (χ0n) is 9.34. The summed E-state index contributed by atoms with van der Waals surface area (Å²) >= 11 is 5.86. The predicted molar refractivity (Wildman–Crippen MR) is 64.1 cm³/mol. The maximum Gasteiger partial charge on any atom is 0.170 e. The summed E-state index contributed by atoms with van der Waals surface area (Å²) in [6.07, 6.45) is 1.14. The van der Waals surface area contributed by atoms with E-state index in [0.29, 0.717) is 28.4 Å². The van der Waals surface area contributed by atoms with Crippen molar-refractivity contribution in [1.82, 2.24) is 0 Å². The number of ether oxygens (including phenoxy) is 1. The fraction of sp³-hybridized carbons (Fsp3) is 0.417. The van der Waals surface area contributed by atoms with Crippen molar-refractivity contribution in [3.8, 4) is 5.75 Å². The molecule has 1 heterocycles. The lowest BCUT2D eigenvalue weighted by molar-refractivity contribution is 0.0504. The molecule has 4 heteroatoms. The van der Waals surface area contributed by atoms with Crippen LogP contribution in [0.15, 0.2) is 12.1 Å². The first-order chi connectivity index (χ1) is 7.45. The van der Waals surface area contributed by atoms with E-state index in [2.05, 4.69) is 0 Å². The molecular formula is C12H14ClNO2. The van der Waals surface area contributed by atoms with Gasteiger partial charge in [-0.3, -0.25) is 4.79 Å². The number of anilines is 1. The molecule has 86 valence electrons. The Morgan fingerprint density at radius 2 is 2.25 bits per heavy atom. The summed E-state index contributed by atoms with van der Waals surface area (Å²) in [7, 11) is 0. The van der Waals surface area contributed by atoms with Crippen LogP contribution >= 0.6 is 11.6 Å². The highest BCUT2D eigenvalue weighted by Gasteiger charge is 2.36. The van der Waals surface area contributed by atoms with Gasteiger partial charge < -0.3 is 10.5 Å². The largest absolute Gasteiger partial charge is 0.484 e. The summed E-state index contributed by atoms with van der Waals surface area (Å²) in [4.78, 5) is 12.0. The van der Waals surface area contributed by atoms with E-state index in [1.165, 1.54) is 0 Å². The minimum atomic E-state index is -0.452. The summed E-state index contributed by atoms with van der Waals surface area (Å²) in [5.74, 6) is 0.518. The summed E-state index contributed by atoms with van der Waals surface area (Å²) in [6.45, 7) is 3.91. The molecule has 0 saturated heterocycles. The zero-order valence-corrected chi connectivity index (χ0v) is 10.1. The molecule has 2 N–H and O–H groups in total. The van der Waals surface area contributed by atoms with Crippen LogP contribution in [-0.2, 0) is 0 Å². The van der Waals surface area contributed by atoms with E-state index < -0.39 is 5.60 Å². The van der Waals surface area contributed by atoms with Crippen molar-refractivity contribution in [3.05, 3.63) is 22.7 Å². The second-order valence-corrected chi connectivity index (χ2v) is 4.81. The summed E-state index contributed by atoms with van der Waals surface area (Å²) < 4.78 is 5.82. The Bertz CT molecular complexity index is 459. The second-order valence-electron chi connectivity index (χ2n) is 4.38. The van der Waals surface area contributed by atoms with Crippen molar-refractivity contribution in [3.63, 3.8) is 0 Å². The molecule has 0 aromatic heterocycles. The van der Waals surface area contributed by atoms with Crippen LogP contribution in [0.2, 0.25) is 5.02 Å². The molecule has 1 unspecified atom stereocenters. The molecule has 16 heavy (non-hydrogen) atoms. The van der Waals surface area contributed by atoms with Gasteiger partial charge in [0.05, 0.1) is 17.7 Å². The van der Waals surface area contributed by atoms with Crippen molar-refractivity contribution in [2.24, 2.45) is 0 Å². The highest BCUT2D eigenvalue weighted by Crippen LogP contribution is 2.40. The summed E-state index contributed by atoms with van der Waals surface area (Å²) in [5, 5.41) is 0.466. The molecule has 0 radical (unpaired) electrons. The van der Waals surface area contributed by atoms with Crippen molar-refractivity contribution < 1.29 is 9.53 Å². The number of benzene rings is 1. The van der Waals surface area contributed by atoms with Crippen LogP contribution in [0.4, 0.5) is 5.69 Å². The Hall–Kier alpha value is -1.22. The number of nitrogen functional groups attached to an aromatic ring is 1. The Labute approximate surface area is 99.5 Å². The van der Waals surface area contributed by atoms with E-state index in [0.717, 1.165) is 6.42 Å². The van der Waals surface area contributed by atoms with Gasteiger partial charge in [-0.2, -0.15) is 0 Å². The van der Waals surface area contributed by atoms with Crippen LogP contribution in [0.1, 0.15) is 37.0 Å². The minimum Gasteiger partial charge on any atom is -0.484 e. The lowest BCUT2D eigenvalue weighted by atomic mass is 9.89. The number of Topliss-reactive ketones (excluding diaryl/α,β-unsaturated/α-hetero) is 1. The molecule has 1 aromatic carbocycles. The third-order valence-electron chi connectivity index (χ3n) is 3.01. The van der Waals surface area contributed by atoms with Gasteiger partial charge in [0.25, 0.3) is 0 Å². The van der Waals surface area contributed by atoms with Crippen LogP contribution in [0, 0.1) is 0 Å². The topological polar surface area (TPSA) is 52.3 Å². The Kier molecular flexibility index (Phi) is 2.58. The van der Waals surface area contributed by atoms with Gasteiger partial charge >= 0.3 is 0 Å². The monoisotopic (exact) mass is 239 g/mol. The average Bonchev–Trinajstić information content (AvgIpc) is 2.20. The highest BCUT2D eigenvalue weighted by molar-refractivity contribution is 6.31. The Morgan fingerprint density at radius 1 is 1.56 bits per heavy atom. The van der Waals surface area contributed by atoms with Crippen molar-refractivity contribution in [2.45, 2.75) is 32.3 Å². The van der Waals surface area contributed by atoms with E-state index in [-0.39, 0.29) is 5.78 Å². The molecule has 0 saturated carbocycles. The van der Waals surface area contributed by atoms with Crippen LogP contribution < -0.4 is 10.5 Å². The Morgan fingerprint density at radius 3 is 2.88 bits per heavy atom. The van der Waals surface area contributed by atoms with Gasteiger partial charge in [-0.05, 0) is 25.5 Å². The smallest absolute Gasteiger partial charge is 0.170 e. The number of hydrogen-bond acceptors (Lipinski definition) is 3. The molecule has 1 atom stereocenters. The number of carbonyl (C=O) groups is 1. The average molecular weight is 240 g/mol. The van der Waals surface area contributed by atoms with Crippen LogP contribution in [0.3, 0.4) is 0 Å². The highest BCUT2D eigenvalue weighted by atomic mass is 35.5. The van der Waals surface area contributed by atoms with Gasteiger partial charge in [0.1, 0.15) is 5.60 Å². The molecule has 0 spiro atoms. The molecule has 0 aliphatic carbocycles. The van der Waals surface area contributed by atoms with E-state index in [1.54, 1.807) is 12.1 Å². The standard InChI is InChI=1S/C12H14ClNO2/c1-3-12(2)6-10(15)8-4-7(13)5-9(14)11(8)16-12/h4-5H,3,6,14H2,1-2H3. The first-order valence-corrected chi connectivity index (χ1v) is 5.64. The third kappa shape index (κ3) is 1.76. The molecule has 3 nitrogen and oxygen atoms in total. The van der Waals surface area contributed by atoms with Gasteiger partial charge in [-0.1, -0.05) is 18.5 Å². The summed E-state index contributed by atoms with van der Waals surface area (Å²) in [6, 6.07) is 3.22. The first-order valence-electron chi connectivity index (χ1n) is 5.26. The van der Waals surface area contributed by atoms with E-state index in [9.17, 15) is 4.79 Å². The van der Waals surface area contributed by atoms with Gasteiger partial charge in [0.2, 0.25) is 0 Å². The second kappa shape index (κ2) is 3.67. The normalized spacial score (nSPS) is 23.8. The SMILES string of the molecule is CCC1(C)CC(=O)c2cc(Cl)cc(N)c2O1. The van der Waals surface area contributed by atoms with Gasteiger partial charge in [0, 0.05) is 5.02 Å². The number of hydrogen-bond donors (Lipinski definition) is 1. The fourth-order valence-electron chi connectivity index (χ4n) is 1.85. The fourth-order valence-corrected chi connectivity index (χ4v) is 2.08. The van der Waals surface area contributed by atoms with Crippen molar-refractivity contribution in [1.29, 1.82) is 0 Å². The van der Waals surface area contributed by atoms with Crippen LogP contribution in [-0.4, -0.2) is 11.4 Å². The molecule has 2 rings (SSSR count). The van der Waals surface area contributed by atoms with Crippen molar-refractivity contribution >= 4 is 23.1 Å². The number of nitrogens with two attached hydrogens (primary N) is 1. The molecule has 1 aliphatic rings. The third-order valence-corrected chi connectivity index (χ3v) is 3.23. The number of rotatable bonds is 1. The predicted octanol–water partition coefficient (Wildman–Crippen LogP) is 3.06. The quantitative estimate of drug-likeness (QED) is 0.767. The molecule has 1 aliphatic heterocycles. The minimum absolute atomic E-state index is 0.0415. The molecule has 0 amide bonds. The van der Waals surface area contributed by atoms with Gasteiger partial charge in [-0.15, -0.1) is 0 Å². The first kappa shape index (κ1) is 11.3.